The molecule has 0 N–H and O–H groups in total. The zero-order chi connectivity index (χ0) is 12.4. The maximum atomic E-state index is 6.37. The van der Waals surface area contributed by atoms with Crippen LogP contribution in [0.5, 0.6) is 0 Å². The van der Waals surface area contributed by atoms with E-state index in [1.54, 1.807) is 0 Å². The van der Waals surface area contributed by atoms with Crippen LogP contribution in [0.25, 0.3) is 0 Å². The third-order valence-electron chi connectivity index (χ3n) is 6.08. The topological polar surface area (TPSA) is 18.5 Å². The first-order valence-corrected chi connectivity index (χ1v) is 7.22. The lowest BCUT2D eigenvalue weighted by Crippen LogP contribution is -2.65. The van der Waals surface area contributed by atoms with Gasteiger partial charge in [-0.05, 0) is 42.8 Å². The molecule has 0 spiro atoms. The molecule has 0 aromatic rings. The van der Waals surface area contributed by atoms with Gasteiger partial charge in [-0.25, -0.2) is 0 Å². The van der Waals surface area contributed by atoms with Gasteiger partial charge in [0.05, 0.1) is 11.7 Å². The van der Waals surface area contributed by atoms with Crippen molar-refractivity contribution in [2.24, 2.45) is 17.3 Å². The molecule has 2 bridgehead atoms. The zero-order valence-electron chi connectivity index (χ0n) is 11.8. The van der Waals surface area contributed by atoms with Gasteiger partial charge in [0.25, 0.3) is 0 Å². The van der Waals surface area contributed by atoms with Gasteiger partial charge in [0.2, 0.25) is 0 Å². The fourth-order valence-electron chi connectivity index (χ4n) is 4.34. The lowest BCUT2D eigenvalue weighted by molar-refractivity contribution is -0.199. The highest BCUT2D eigenvalue weighted by Gasteiger charge is 2.68. The standard InChI is InChI=1S/C14H25BO2/c1-6-9(2)15-16-12-8-10-7-11(13(10,3)4)14(12,5)17-15/h9-12H,6-8H2,1-5H3/t9?,10?,11?,12-,14+/m1/s1. The average Bonchev–Trinajstić information content (AvgIpc) is 2.64. The Bertz CT molecular complexity index is 330. The van der Waals surface area contributed by atoms with Crippen LogP contribution in [0, 0.1) is 17.3 Å². The molecule has 0 amide bonds. The van der Waals surface area contributed by atoms with E-state index in [2.05, 4.69) is 34.6 Å². The number of rotatable bonds is 2. The minimum Gasteiger partial charge on any atom is -0.405 e. The molecule has 1 saturated heterocycles. The summed E-state index contributed by atoms with van der Waals surface area (Å²) in [7, 11) is 0.0325. The van der Waals surface area contributed by atoms with Gasteiger partial charge in [-0.15, -0.1) is 0 Å². The maximum Gasteiger partial charge on any atom is 0.460 e. The molecule has 0 aromatic carbocycles. The predicted molar refractivity (Wildman–Crippen MR) is 69.8 cm³/mol. The van der Waals surface area contributed by atoms with Crippen LogP contribution in [-0.2, 0) is 9.31 Å². The molecule has 3 aliphatic carbocycles. The third kappa shape index (κ3) is 1.42. The Hall–Kier alpha value is -0.0151. The van der Waals surface area contributed by atoms with Crippen LogP contribution < -0.4 is 0 Å². The molecule has 0 aromatic heterocycles. The van der Waals surface area contributed by atoms with E-state index >= 15 is 0 Å². The molecule has 0 radical (unpaired) electrons. The predicted octanol–water partition coefficient (Wildman–Crippen LogP) is 3.51. The van der Waals surface area contributed by atoms with Crippen molar-refractivity contribution >= 4 is 7.12 Å². The first-order valence-electron chi connectivity index (χ1n) is 7.22. The largest absolute Gasteiger partial charge is 0.460 e. The molecule has 4 fully saturated rings. The van der Waals surface area contributed by atoms with E-state index in [1.807, 2.05) is 0 Å². The summed E-state index contributed by atoms with van der Waals surface area (Å²) in [6.45, 7) is 11.6. The number of hydrogen-bond donors (Lipinski definition) is 0. The molecule has 17 heavy (non-hydrogen) atoms. The van der Waals surface area contributed by atoms with Crippen molar-refractivity contribution in [2.45, 2.75) is 71.4 Å². The molecule has 3 saturated carbocycles. The second-order valence-electron chi connectivity index (χ2n) is 7.22. The maximum absolute atomic E-state index is 6.37. The van der Waals surface area contributed by atoms with Gasteiger partial charge < -0.3 is 9.31 Å². The fourth-order valence-corrected chi connectivity index (χ4v) is 4.34. The Labute approximate surface area is 106 Å². The smallest absolute Gasteiger partial charge is 0.405 e. The van der Waals surface area contributed by atoms with Crippen LogP contribution in [-0.4, -0.2) is 18.8 Å². The molecule has 3 heteroatoms. The molecule has 96 valence electrons. The van der Waals surface area contributed by atoms with Crippen LogP contribution in [0.15, 0.2) is 0 Å². The van der Waals surface area contributed by atoms with Gasteiger partial charge in [-0.2, -0.15) is 0 Å². The molecule has 1 heterocycles. The Kier molecular flexibility index (Phi) is 2.49. The van der Waals surface area contributed by atoms with E-state index in [-0.39, 0.29) is 12.7 Å². The third-order valence-corrected chi connectivity index (χ3v) is 6.08. The van der Waals surface area contributed by atoms with E-state index in [1.165, 1.54) is 12.8 Å². The van der Waals surface area contributed by atoms with Crippen LogP contribution >= 0.6 is 0 Å². The van der Waals surface area contributed by atoms with Crippen LogP contribution in [0.1, 0.15) is 53.9 Å². The summed E-state index contributed by atoms with van der Waals surface area (Å²) in [5.74, 6) is 2.05. The Morgan fingerprint density at radius 3 is 2.59 bits per heavy atom. The monoisotopic (exact) mass is 236 g/mol. The first-order chi connectivity index (χ1) is 7.89. The molecule has 4 rings (SSSR count). The summed E-state index contributed by atoms with van der Waals surface area (Å²) in [5.41, 5.74) is 0.436. The molecule has 3 unspecified atom stereocenters. The molecule has 2 nitrogen and oxygen atoms in total. The lowest BCUT2D eigenvalue weighted by Gasteiger charge is -2.64. The molecular formula is C14H25BO2. The average molecular weight is 236 g/mol. The van der Waals surface area contributed by atoms with Crippen molar-refractivity contribution in [2.75, 3.05) is 0 Å². The van der Waals surface area contributed by atoms with E-state index in [0.29, 0.717) is 23.3 Å². The Balaban J connectivity index is 1.82. The molecular weight excluding hydrogens is 211 g/mol. The van der Waals surface area contributed by atoms with E-state index in [0.717, 1.165) is 12.3 Å². The summed E-state index contributed by atoms with van der Waals surface area (Å²) in [6.07, 6.45) is 4.02. The van der Waals surface area contributed by atoms with Crippen LogP contribution in [0.4, 0.5) is 0 Å². The van der Waals surface area contributed by atoms with Crippen molar-refractivity contribution in [3.63, 3.8) is 0 Å². The van der Waals surface area contributed by atoms with Gasteiger partial charge in [-0.1, -0.05) is 34.1 Å². The second kappa shape index (κ2) is 3.51. The van der Waals surface area contributed by atoms with E-state index in [4.69, 9.17) is 9.31 Å². The molecule has 4 aliphatic rings. The van der Waals surface area contributed by atoms with Crippen molar-refractivity contribution < 1.29 is 9.31 Å². The van der Waals surface area contributed by atoms with Gasteiger partial charge in [0, 0.05) is 0 Å². The quantitative estimate of drug-likeness (QED) is 0.683. The summed E-state index contributed by atoms with van der Waals surface area (Å²) in [6, 6.07) is 0. The van der Waals surface area contributed by atoms with Gasteiger partial charge in [0.1, 0.15) is 0 Å². The summed E-state index contributed by atoms with van der Waals surface area (Å²) in [4.78, 5) is 0. The minimum absolute atomic E-state index is 0.0215. The summed E-state index contributed by atoms with van der Waals surface area (Å²) < 4.78 is 12.6. The van der Waals surface area contributed by atoms with Crippen LogP contribution in [0.2, 0.25) is 5.82 Å². The number of hydrogen-bond acceptors (Lipinski definition) is 2. The fraction of sp³-hybridized carbons (Fsp3) is 1.00. The highest BCUT2D eigenvalue weighted by Crippen LogP contribution is 2.66. The van der Waals surface area contributed by atoms with Crippen molar-refractivity contribution in [3.05, 3.63) is 0 Å². The van der Waals surface area contributed by atoms with Gasteiger partial charge >= 0.3 is 7.12 Å². The van der Waals surface area contributed by atoms with Gasteiger partial charge in [-0.3, -0.25) is 0 Å². The highest BCUT2D eigenvalue weighted by molar-refractivity contribution is 6.47. The summed E-state index contributed by atoms with van der Waals surface area (Å²) in [5, 5.41) is 0. The minimum atomic E-state index is -0.0215. The lowest BCUT2D eigenvalue weighted by atomic mass is 9.43. The first kappa shape index (κ1) is 12.0. The molecule has 1 aliphatic heterocycles. The van der Waals surface area contributed by atoms with Gasteiger partial charge in [0.15, 0.2) is 0 Å². The van der Waals surface area contributed by atoms with E-state index < -0.39 is 0 Å². The second-order valence-corrected chi connectivity index (χ2v) is 7.22. The van der Waals surface area contributed by atoms with E-state index in [9.17, 15) is 0 Å². The van der Waals surface area contributed by atoms with Crippen molar-refractivity contribution in [1.82, 2.24) is 0 Å². The summed E-state index contributed by atoms with van der Waals surface area (Å²) >= 11 is 0. The van der Waals surface area contributed by atoms with Crippen molar-refractivity contribution in [1.29, 1.82) is 0 Å². The molecule has 5 atom stereocenters. The zero-order valence-corrected chi connectivity index (χ0v) is 11.8. The Morgan fingerprint density at radius 2 is 2.00 bits per heavy atom. The Morgan fingerprint density at radius 1 is 1.29 bits per heavy atom. The van der Waals surface area contributed by atoms with Crippen LogP contribution in [0.3, 0.4) is 0 Å². The SMILES string of the molecule is CCC(C)B1O[C@@H]2CC3CC(C3(C)C)[C@]2(C)O1. The highest BCUT2D eigenvalue weighted by atomic mass is 16.7. The van der Waals surface area contributed by atoms with Crippen molar-refractivity contribution in [3.8, 4) is 0 Å². The normalized spacial score (nSPS) is 48.5.